The van der Waals surface area contributed by atoms with Crippen molar-refractivity contribution in [3.8, 4) is 22.3 Å². The number of hydrogen-bond donors (Lipinski definition) is 0. The van der Waals surface area contributed by atoms with E-state index in [-0.39, 0.29) is 24.8 Å². The molecule has 3 saturated carbocycles. The topological polar surface area (TPSA) is 0 Å². The zero-order valence-electron chi connectivity index (χ0n) is 31.9. The van der Waals surface area contributed by atoms with Crippen LogP contribution in [0, 0.1) is 11.8 Å². The van der Waals surface area contributed by atoms with Gasteiger partial charge in [0.25, 0.3) is 0 Å². The van der Waals surface area contributed by atoms with Crippen molar-refractivity contribution in [3.63, 3.8) is 0 Å². The Morgan fingerprint density at radius 2 is 0.849 bits per heavy atom. The van der Waals surface area contributed by atoms with E-state index >= 15 is 0 Å². The van der Waals surface area contributed by atoms with Gasteiger partial charge in [0.1, 0.15) is 0 Å². The van der Waals surface area contributed by atoms with Crippen molar-refractivity contribution in [1.82, 2.24) is 0 Å². The Hall–Kier alpha value is -2.19. The van der Waals surface area contributed by atoms with Crippen molar-refractivity contribution in [2.45, 2.75) is 118 Å². The summed E-state index contributed by atoms with van der Waals surface area (Å²) in [7, 11) is 0. The first-order valence-corrected chi connectivity index (χ1v) is 29.4. The molecule has 5 aliphatic carbocycles. The molecule has 6 aliphatic rings. The van der Waals surface area contributed by atoms with Gasteiger partial charge in [0, 0.05) is 0 Å². The SMILES string of the molecule is CCc1ccc(-c2cccc3c2C=C(C2CCCC2)[CH]3[Hf+2]2([CH]3C(C4CCCC4)=Cc4c(-c5ccc(CC)cc5)cccc43)[CH]3CCCC[CH]32)cc1.[Cl-].[Cl-]. The molecule has 1 aliphatic heterocycles. The minimum absolute atomic E-state index is 0. The molecule has 0 amide bonds. The van der Waals surface area contributed by atoms with E-state index in [1.165, 1.54) is 110 Å². The van der Waals surface area contributed by atoms with Gasteiger partial charge in [-0.15, -0.1) is 0 Å². The standard InChI is InChI=1S/2C22H23.C6H10.2ClH.Hf/c2*1-2-16-10-12-18(13-11-16)21-9-5-8-19-14-20(15-22(19)21)17-6-3-4-7-17;1-2-4-6-5-3-1;;;/h2*5,8-15,17H,2-4,6-7H2,1H3;1-2H,3-6H2;2*1H;/q;;;;;+2/p-2. The Bertz CT molecular complexity index is 1860. The Labute approximate surface area is 336 Å². The van der Waals surface area contributed by atoms with Crippen LogP contribution in [0.4, 0.5) is 0 Å². The van der Waals surface area contributed by atoms with E-state index < -0.39 is 20.0 Å². The first kappa shape index (κ1) is 37.7. The van der Waals surface area contributed by atoms with Crippen LogP contribution in [-0.2, 0) is 32.8 Å². The number of fused-ring (bicyclic) bond motifs is 3. The fourth-order valence-electron chi connectivity index (χ4n) is 12.8. The van der Waals surface area contributed by atoms with Crippen LogP contribution in [0.25, 0.3) is 34.4 Å². The second-order valence-electron chi connectivity index (χ2n) is 17.3. The summed E-state index contributed by atoms with van der Waals surface area (Å²) in [4.78, 5) is 0. The molecule has 0 bridgehead atoms. The summed E-state index contributed by atoms with van der Waals surface area (Å²) in [6.45, 7) is 4.55. The van der Waals surface area contributed by atoms with Crippen LogP contribution in [0.5, 0.6) is 0 Å². The van der Waals surface area contributed by atoms with Crippen LogP contribution < -0.4 is 24.8 Å². The first-order valence-electron chi connectivity index (χ1n) is 21.1. The van der Waals surface area contributed by atoms with Crippen LogP contribution in [-0.4, -0.2) is 0 Å². The summed E-state index contributed by atoms with van der Waals surface area (Å²) in [5.41, 5.74) is 19.4. The predicted molar refractivity (Wildman–Crippen MR) is 214 cm³/mol. The maximum absolute atomic E-state index is 3.31. The Kier molecular flexibility index (Phi) is 11.0. The maximum Gasteiger partial charge on any atom is -1.00 e. The van der Waals surface area contributed by atoms with Crippen LogP contribution >= 0.6 is 0 Å². The molecule has 4 aromatic carbocycles. The molecular formula is C50H56Cl2Hf. The number of halogens is 2. The fourth-order valence-corrected chi connectivity index (χ4v) is 48.4. The van der Waals surface area contributed by atoms with Crippen molar-refractivity contribution in [2.24, 2.45) is 11.8 Å². The Balaban J connectivity index is 0.00000200. The molecule has 1 heterocycles. The van der Waals surface area contributed by atoms with Gasteiger partial charge in [0.15, 0.2) is 0 Å². The molecule has 10 rings (SSSR count). The van der Waals surface area contributed by atoms with Crippen LogP contribution in [0.1, 0.15) is 132 Å². The van der Waals surface area contributed by atoms with E-state index in [0.717, 1.165) is 39.4 Å². The minimum atomic E-state index is -3.31. The van der Waals surface area contributed by atoms with E-state index in [0.29, 0.717) is 0 Å². The van der Waals surface area contributed by atoms with Gasteiger partial charge in [-0.2, -0.15) is 0 Å². The Morgan fingerprint density at radius 1 is 0.472 bits per heavy atom. The number of allylic oxidation sites excluding steroid dienone is 2. The zero-order valence-corrected chi connectivity index (χ0v) is 37.0. The number of benzene rings is 4. The predicted octanol–water partition coefficient (Wildman–Crippen LogP) is 8.43. The van der Waals surface area contributed by atoms with E-state index in [9.17, 15) is 0 Å². The average molecular weight is 906 g/mol. The molecule has 53 heavy (non-hydrogen) atoms. The summed E-state index contributed by atoms with van der Waals surface area (Å²) >= 11 is -3.31. The van der Waals surface area contributed by atoms with Crippen LogP contribution in [0.3, 0.4) is 0 Å². The summed E-state index contributed by atoms with van der Waals surface area (Å²) in [5, 5.41) is 0. The third-order valence-electron chi connectivity index (χ3n) is 15.1. The normalized spacial score (nSPS) is 26.1. The first-order chi connectivity index (χ1) is 25.2. The van der Waals surface area contributed by atoms with Crippen molar-refractivity contribution < 1.29 is 44.8 Å². The van der Waals surface area contributed by atoms with Crippen LogP contribution in [0.15, 0.2) is 96.1 Å². The monoisotopic (exact) mass is 906 g/mol. The smallest absolute Gasteiger partial charge is 1.00 e. The van der Waals surface area contributed by atoms with Gasteiger partial charge in [-0.1, -0.05) is 0 Å². The van der Waals surface area contributed by atoms with Crippen molar-refractivity contribution in [3.05, 3.63) is 129 Å². The van der Waals surface area contributed by atoms with E-state index in [4.69, 9.17) is 0 Å². The number of rotatable bonds is 8. The minimum Gasteiger partial charge on any atom is -1.00 e. The summed E-state index contributed by atoms with van der Waals surface area (Å²) in [5.74, 6) is 1.58. The molecule has 274 valence electrons. The van der Waals surface area contributed by atoms with E-state index in [1.54, 1.807) is 22.3 Å². The molecule has 1 saturated heterocycles. The maximum atomic E-state index is 2.84. The molecule has 0 N–H and O–H groups in total. The molecule has 0 radical (unpaired) electrons. The summed E-state index contributed by atoms with van der Waals surface area (Å²) in [6.07, 6.45) is 25.2. The second-order valence-corrected chi connectivity index (χ2v) is 34.0. The fraction of sp³-hybridized carbons (Fsp3) is 0.440. The van der Waals surface area contributed by atoms with Gasteiger partial charge in [0.05, 0.1) is 0 Å². The van der Waals surface area contributed by atoms with Crippen LogP contribution in [0.2, 0.25) is 7.35 Å². The second kappa shape index (κ2) is 15.4. The zero-order chi connectivity index (χ0) is 34.1. The Morgan fingerprint density at radius 3 is 1.23 bits per heavy atom. The van der Waals surface area contributed by atoms with Gasteiger partial charge in [-0.05, 0) is 0 Å². The van der Waals surface area contributed by atoms with Gasteiger partial charge in [-0.3, -0.25) is 0 Å². The molecule has 4 unspecified atom stereocenters. The molecule has 4 fully saturated rings. The van der Waals surface area contributed by atoms with Gasteiger partial charge >= 0.3 is 314 Å². The molecule has 4 atom stereocenters. The summed E-state index contributed by atoms with van der Waals surface area (Å²) in [6, 6.07) is 34.3. The summed E-state index contributed by atoms with van der Waals surface area (Å²) < 4.78 is 3.61. The third kappa shape index (κ3) is 6.08. The van der Waals surface area contributed by atoms with Crippen molar-refractivity contribution >= 4 is 12.2 Å². The molecule has 4 aromatic rings. The average Bonchev–Trinajstić information content (AvgIpc) is 3.86. The van der Waals surface area contributed by atoms with E-state index in [2.05, 4.69) is 111 Å². The number of hydrogen-bond acceptors (Lipinski definition) is 0. The van der Waals surface area contributed by atoms with Crippen molar-refractivity contribution in [1.29, 1.82) is 0 Å². The molecule has 0 spiro atoms. The largest absolute Gasteiger partial charge is 1.00 e. The molecule has 0 nitrogen and oxygen atoms in total. The molecule has 3 heteroatoms. The van der Waals surface area contributed by atoms with Crippen molar-refractivity contribution in [2.75, 3.05) is 0 Å². The number of aryl methyl sites for hydroxylation is 2. The third-order valence-corrected chi connectivity index (χ3v) is 39.8. The van der Waals surface area contributed by atoms with Gasteiger partial charge in [0.2, 0.25) is 0 Å². The molecule has 0 aromatic heterocycles. The van der Waals surface area contributed by atoms with Gasteiger partial charge < -0.3 is 24.8 Å². The quantitative estimate of drug-likeness (QED) is 0.156. The molecular weight excluding hydrogens is 850 g/mol. The van der Waals surface area contributed by atoms with E-state index in [1.807, 2.05) is 11.1 Å². The van der Waals surface area contributed by atoms with Gasteiger partial charge in [-0.25, -0.2) is 0 Å².